The van der Waals surface area contributed by atoms with Crippen molar-refractivity contribution in [2.45, 2.75) is 27.0 Å². The first-order valence-corrected chi connectivity index (χ1v) is 5.78. The van der Waals surface area contributed by atoms with Crippen LogP contribution in [0.5, 0.6) is 0 Å². The van der Waals surface area contributed by atoms with E-state index in [0.29, 0.717) is 11.5 Å². The van der Waals surface area contributed by atoms with Crippen molar-refractivity contribution >= 4 is 11.5 Å². The van der Waals surface area contributed by atoms with Crippen LogP contribution >= 0.6 is 0 Å². The van der Waals surface area contributed by atoms with Gasteiger partial charge in [0.1, 0.15) is 11.5 Å². The van der Waals surface area contributed by atoms with Gasteiger partial charge in [0.15, 0.2) is 6.23 Å². The molecular formula is C13H19N3O. The highest BCUT2D eigenvalue weighted by Crippen LogP contribution is 2.12. The second kappa shape index (κ2) is 6.15. The molecule has 2 rings (SSSR count). The van der Waals surface area contributed by atoms with Gasteiger partial charge in [0.25, 0.3) is 0 Å². The molecule has 1 unspecified atom stereocenters. The lowest BCUT2D eigenvalue weighted by molar-refractivity contribution is 0.130. The van der Waals surface area contributed by atoms with Gasteiger partial charge in [-0.25, -0.2) is 0 Å². The zero-order valence-electron chi connectivity index (χ0n) is 10.8. The maximum atomic E-state index is 9.98. The molecule has 0 radical (unpaired) electrons. The molecule has 0 amide bonds. The number of hydrogen-bond donors (Lipinski definition) is 1. The number of likely N-dealkylation sites (N-methyl/N-ethyl adjacent to an activating group) is 1. The SMILES string of the molecule is CC.CC1=NN=C(c2ccccc2)C(O)N1C. The Bertz CT molecular complexity index is 412. The van der Waals surface area contributed by atoms with E-state index >= 15 is 0 Å². The molecule has 1 atom stereocenters. The van der Waals surface area contributed by atoms with Crippen molar-refractivity contribution in [1.29, 1.82) is 0 Å². The maximum Gasteiger partial charge on any atom is 0.173 e. The lowest BCUT2D eigenvalue weighted by atomic mass is 10.1. The number of hydrogen-bond acceptors (Lipinski definition) is 4. The van der Waals surface area contributed by atoms with Crippen molar-refractivity contribution in [3.05, 3.63) is 35.9 Å². The molecule has 17 heavy (non-hydrogen) atoms. The normalized spacial score (nSPS) is 18.9. The van der Waals surface area contributed by atoms with Gasteiger partial charge in [-0.15, -0.1) is 10.2 Å². The molecule has 92 valence electrons. The summed E-state index contributed by atoms with van der Waals surface area (Å²) in [6.07, 6.45) is -0.718. The van der Waals surface area contributed by atoms with Gasteiger partial charge in [-0.1, -0.05) is 44.2 Å². The van der Waals surface area contributed by atoms with E-state index in [-0.39, 0.29) is 0 Å². The van der Waals surface area contributed by atoms with Crippen LogP contribution in [0.15, 0.2) is 40.5 Å². The summed E-state index contributed by atoms with van der Waals surface area (Å²) >= 11 is 0. The highest BCUT2D eigenvalue weighted by atomic mass is 16.3. The molecule has 0 aliphatic carbocycles. The molecule has 1 aliphatic rings. The molecular weight excluding hydrogens is 214 g/mol. The molecule has 1 N–H and O–H groups in total. The lowest BCUT2D eigenvalue weighted by Crippen LogP contribution is -2.43. The number of aliphatic hydroxyl groups excluding tert-OH is 1. The summed E-state index contributed by atoms with van der Waals surface area (Å²) in [7, 11) is 1.79. The van der Waals surface area contributed by atoms with E-state index < -0.39 is 6.23 Å². The van der Waals surface area contributed by atoms with E-state index in [0.717, 1.165) is 5.56 Å². The van der Waals surface area contributed by atoms with Gasteiger partial charge in [0, 0.05) is 12.6 Å². The van der Waals surface area contributed by atoms with Gasteiger partial charge in [0.05, 0.1) is 0 Å². The Kier molecular flexibility index (Phi) is 4.84. The summed E-state index contributed by atoms with van der Waals surface area (Å²) < 4.78 is 0. The van der Waals surface area contributed by atoms with E-state index in [1.807, 2.05) is 51.1 Å². The standard InChI is InChI=1S/C11H13N3O.C2H6/c1-8-12-13-10(11(15)14(8)2)9-6-4-3-5-7-9;1-2/h3-7,11,15H,1-2H3;1-2H3. The highest BCUT2D eigenvalue weighted by molar-refractivity contribution is 6.06. The monoisotopic (exact) mass is 233 g/mol. The fraction of sp³-hybridized carbons (Fsp3) is 0.385. The van der Waals surface area contributed by atoms with Crippen molar-refractivity contribution in [3.63, 3.8) is 0 Å². The number of aliphatic hydroxyl groups is 1. The Labute approximate surface area is 102 Å². The third kappa shape index (κ3) is 2.91. The molecule has 0 saturated heterocycles. The molecule has 0 bridgehead atoms. The van der Waals surface area contributed by atoms with E-state index in [4.69, 9.17) is 0 Å². The number of nitrogens with zero attached hydrogens (tertiary/aromatic N) is 3. The van der Waals surface area contributed by atoms with E-state index in [9.17, 15) is 5.11 Å². The van der Waals surface area contributed by atoms with Crippen LogP contribution in [0.1, 0.15) is 26.3 Å². The van der Waals surface area contributed by atoms with E-state index in [1.54, 1.807) is 11.9 Å². The van der Waals surface area contributed by atoms with Crippen molar-refractivity contribution in [3.8, 4) is 0 Å². The van der Waals surface area contributed by atoms with Crippen LogP contribution in [0, 0.1) is 0 Å². The molecule has 1 aromatic carbocycles. The lowest BCUT2D eigenvalue weighted by Gasteiger charge is -2.28. The molecule has 1 aromatic rings. The minimum Gasteiger partial charge on any atom is -0.368 e. The highest BCUT2D eigenvalue weighted by Gasteiger charge is 2.23. The van der Waals surface area contributed by atoms with Gasteiger partial charge in [0.2, 0.25) is 0 Å². The summed E-state index contributed by atoms with van der Waals surface area (Å²) in [5.74, 6) is 0.710. The van der Waals surface area contributed by atoms with Crippen LogP contribution in [0.25, 0.3) is 0 Å². The summed E-state index contributed by atoms with van der Waals surface area (Å²) in [6.45, 7) is 5.81. The molecule has 0 spiro atoms. The molecule has 0 saturated carbocycles. The number of rotatable bonds is 1. The molecule has 0 fully saturated rings. The quantitative estimate of drug-likeness (QED) is 0.807. The van der Waals surface area contributed by atoms with Gasteiger partial charge >= 0.3 is 0 Å². The van der Waals surface area contributed by atoms with Crippen molar-refractivity contribution in [2.24, 2.45) is 10.2 Å². The summed E-state index contributed by atoms with van der Waals surface area (Å²) in [5, 5.41) is 18.0. The topological polar surface area (TPSA) is 48.2 Å². The second-order valence-corrected chi connectivity index (χ2v) is 3.48. The first kappa shape index (κ1) is 13.4. The van der Waals surface area contributed by atoms with Crippen LogP contribution in [0.4, 0.5) is 0 Å². The summed E-state index contributed by atoms with van der Waals surface area (Å²) in [5.41, 5.74) is 1.48. The maximum absolute atomic E-state index is 9.98. The second-order valence-electron chi connectivity index (χ2n) is 3.48. The van der Waals surface area contributed by atoms with Crippen LogP contribution < -0.4 is 0 Å². The van der Waals surface area contributed by atoms with Gasteiger partial charge in [-0.05, 0) is 6.92 Å². The fourth-order valence-electron chi connectivity index (χ4n) is 1.42. The Hall–Kier alpha value is -1.68. The minimum absolute atomic E-state index is 0.587. The largest absolute Gasteiger partial charge is 0.368 e. The van der Waals surface area contributed by atoms with Crippen LogP contribution in [0.3, 0.4) is 0 Å². The van der Waals surface area contributed by atoms with Crippen LogP contribution in [-0.4, -0.2) is 34.8 Å². The first-order chi connectivity index (χ1) is 8.20. The number of amidine groups is 1. The Morgan fingerprint density at radius 2 is 1.71 bits per heavy atom. The van der Waals surface area contributed by atoms with Crippen LogP contribution in [-0.2, 0) is 0 Å². The van der Waals surface area contributed by atoms with Gasteiger partial charge in [-0.2, -0.15) is 0 Å². The molecule has 1 heterocycles. The summed E-state index contributed by atoms with van der Waals surface area (Å²) in [6, 6.07) is 9.57. The van der Waals surface area contributed by atoms with E-state index in [1.165, 1.54) is 0 Å². The third-order valence-electron chi connectivity index (χ3n) is 2.49. The predicted molar refractivity (Wildman–Crippen MR) is 71.2 cm³/mol. The zero-order chi connectivity index (χ0) is 12.8. The van der Waals surface area contributed by atoms with Gasteiger partial charge < -0.3 is 10.0 Å². The molecule has 4 heteroatoms. The predicted octanol–water partition coefficient (Wildman–Crippen LogP) is 2.10. The summed E-state index contributed by atoms with van der Waals surface area (Å²) in [4.78, 5) is 1.69. The Balaban J connectivity index is 0.000000686. The van der Waals surface area contributed by atoms with Crippen molar-refractivity contribution in [2.75, 3.05) is 7.05 Å². The fourth-order valence-corrected chi connectivity index (χ4v) is 1.42. The Morgan fingerprint density at radius 1 is 1.12 bits per heavy atom. The third-order valence-corrected chi connectivity index (χ3v) is 2.49. The molecule has 4 nitrogen and oxygen atoms in total. The average Bonchev–Trinajstić information content (AvgIpc) is 2.40. The van der Waals surface area contributed by atoms with Crippen molar-refractivity contribution < 1.29 is 5.11 Å². The Morgan fingerprint density at radius 3 is 2.29 bits per heavy atom. The number of benzene rings is 1. The van der Waals surface area contributed by atoms with E-state index in [2.05, 4.69) is 10.2 Å². The van der Waals surface area contributed by atoms with Crippen LogP contribution in [0.2, 0.25) is 0 Å². The van der Waals surface area contributed by atoms with Crippen molar-refractivity contribution in [1.82, 2.24) is 4.90 Å². The van der Waals surface area contributed by atoms with Gasteiger partial charge in [-0.3, -0.25) is 0 Å². The average molecular weight is 233 g/mol. The zero-order valence-corrected chi connectivity index (χ0v) is 10.8. The first-order valence-electron chi connectivity index (χ1n) is 5.78. The minimum atomic E-state index is -0.718. The smallest absolute Gasteiger partial charge is 0.173 e. The molecule has 1 aliphatic heterocycles. The molecule has 0 aromatic heterocycles.